The molecule has 0 spiro atoms. The zero-order valence-corrected chi connectivity index (χ0v) is 14.7. The van der Waals surface area contributed by atoms with Crippen LogP contribution in [0.2, 0.25) is 0 Å². The topological polar surface area (TPSA) is 62.6 Å². The van der Waals surface area contributed by atoms with Crippen LogP contribution in [0.15, 0.2) is 52.9 Å². The molecule has 0 aliphatic carbocycles. The number of fused-ring (bicyclic) bond motifs is 1. The molecule has 0 bridgehead atoms. The second kappa shape index (κ2) is 6.40. The predicted molar refractivity (Wildman–Crippen MR) is 95.9 cm³/mol. The summed E-state index contributed by atoms with van der Waals surface area (Å²) in [5.41, 5.74) is 0.201. The lowest BCUT2D eigenvalue weighted by molar-refractivity contribution is -0.152. The Morgan fingerprint density at radius 2 is 1.79 bits per heavy atom. The molecule has 144 valence electrons. The molecule has 8 heteroatoms. The van der Waals surface area contributed by atoms with Gasteiger partial charge in [-0.15, -0.1) is 0 Å². The number of halogens is 3. The number of anilines is 1. The number of benzene rings is 2. The van der Waals surface area contributed by atoms with Gasteiger partial charge in [-0.2, -0.15) is 13.2 Å². The Balaban J connectivity index is 1.62. The van der Waals surface area contributed by atoms with E-state index in [-0.39, 0.29) is 12.2 Å². The molecule has 28 heavy (non-hydrogen) atoms. The van der Waals surface area contributed by atoms with Gasteiger partial charge in [-0.3, -0.25) is 4.79 Å². The van der Waals surface area contributed by atoms with Crippen molar-refractivity contribution in [2.24, 2.45) is 0 Å². The standard InChI is InChI=1S/C20H15F3N2O3/c1-11-8-16(17(28-11)20(21,22)23)25-18(26)15(24-19(25)27)10-12-6-7-13-4-2-3-5-14(13)9-12/h2-9,15H,10H2,1H3,(H,24,27). The maximum atomic E-state index is 13.2. The molecule has 5 nitrogen and oxygen atoms in total. The van der Waals surface area contributed by atoms with E-state index in [0.717, 1.165) is 22.4 Å². The van der Waals surface area contributed by atoms with Crippen LogP contribution in [0.5, 0.6) is 0 Å². The zero-order chi connectivity index (χ0) is 20.1. The number of aryl methyl sites for hydroxylation is 1. The summed E-state index contributed by atoms with van der Waals surface area (Å²) in [6.45, 7) is 1.32. The lowest BCUT2D eigenvalue weighted by Crippen LogP contribution is -2.33. The van der Waals surface area contributed by atoms with Crippen LogP contribution in [-0.4, -0.2) is 18.0 Å². The number of carbonyl (C=O) groups excluding carboxylic acids is 2. The molecular formula is C20H15F3N2O3. The molecule has 1 fully saturated rings. The minimum atomic E-state index is -4.82. The molecule has 1 N–H and O–H groups in total. The first-order valence-corrected chi connectivity index (χ1v) is 8.54. The van der Waals surface area contributed by atoms with Gasteiger partial charge in [0, 0.05) is 12.5 Å². The Labute approximate surface area is 157 Å². The molecule has 0 saturated carbocycles. The molecule has 1 saturated heterocycles. The molecule has 2 heterocycles. The third-order valence-corrected chi connectivity index (χ3v) is 4.61. The van der Waals surface area contributed by atoms with Gasteiger partial charge in [-0.1, -0.05) is 42.5 Å². The van der Waals surface area contributed by atoms with Crippen molar-refractivity contribution in [1.82, 2.24) is 5.32 Å². The fourth-order valence-electron chi connectivity index (χ4n) is 3.37. The molecule has 0 radical (unpaired) electrons. The number of nitrogens with one attached hydrogen (secondary N) is 1. The lowest BCUT2D eigenvalue weighted by Gasteiger charge is -2.14. The summed E-state index contributed by atoms with van der Waals surface area (Å²) in [5.74, 6) is -2.15. The number of carbonyl (C=O) groups is 2. The van der Waals surface area contributed by atoms with Crippen molar-refractivity contribution in [2.45, 2.75) is 25.6 Å². The van der Waals surface area contributed by atoms with E-state index >= 15 is 0 Å². The molecule has 4 rings (SSSR count). The molecule has 1 atom stereocenters. The van der Waals surface area contributed by atoms with E-state index in [1.54, 1.807) is 0 Å². The molecule has 1 unspecified atom stereocenters. The molecule has 3 amide bonds. The van der Waals surface area contributed by atoms with Gasteiger partial charge in [0.05, 0.1) is 0 Å². The molecular weight excluding hydrogens is 373 g/mol. The Bertz CT molecular complexity index is 1090. The molecule has 3 aromatic rings. The Morgan fingerprint density at radius 3 is 2.50 bits per heavy atom. The molecule has 2 aromatic carbocycles. The van der Waals surface area contributed by atoms with Crippen LogP contribution in [0.25, 0.3) is 10.8 Å². The van der Waals surface area contributed by atoms with E-state index in [4.69, 9.17) is 4.42 Å². The van der Waals surface area contributed by atoms with Gasteiger partial charge in [-0.25, -0.2) is 9.69 Å². The smallest absolute Gasteiger partial charge is 0.451 e. The maximum Gasteiger partial charge on any atom is 0.451 e. The molecule has 1 aromatic heterocycles. The number of rotatable bonds is 3. The van der Waals surface area contributed by atoms with Gasteiger partial charge in [0.15, 0.2) is 0 Å². The first-order chi connectivity index (χ1) is 13.2. The highest BCUT2D eigenvalue weighted by molar-refractivity contribution is 6.21. The number of amides is 3. The highest BCUT2D eigenvalue weighted by Gasteiger charge is 2.46. The Morgan fingerprint density at radius 1 is 1.07 bits per heavy atom. The van der Waals surface area contributed by atoms with Gasteiger partial charge in [-0.05, 0) is 23.3 Å². The Kier molecular flexibility index (Phi) is 4.14. The molecule has 1 aliphatic rings. The van der Waals surface area contributed by atoms with Crippen molar-refractivity contribution in [3.63, 3.8) is 0 Å². The van der Waals surface area contributed by atoms with E-state index in [1.807, 2.05) is 42.5 Å². The van der Waals surface area contributed by atoms with E-state index in [9.17, 15) is 22.8 Å². The second-order valence-corrected chi connectivity index (χ2v) is 6.63. The van der Waals surface area contributed by atoms with Gasteiger partial charge in [0.25, 0.3) is 5.91 Å². The fourth-order valence-corrected chi connectivity index (χ4v) is 3.37. The summed E-state index contributed by atoms with van der Waals surface area (Å²) in [7, 11) is 0. The fraction of sp³-hybridized carbons (Fsp3) is 0.200. The van der Waals surface area contributed by atoms with Crippen molar-refractivity contribution in [2.75, 3.05) is 4.90 Å². The van der Waals surface area contributed by atoms with E-state index in [1.165, 1.54) is 6.92 Å². The molecule has 1 aliphatic heterocycles. The Hall–Kier alpha value is -3.29. The summed E-state index contributed by atoms with van der Waals surface area (Å²) in [6, 6.07) is 12.5. The van der Waals surface area contributed by atoms with Gasteiger partial charge < -0.3 is 9.73 Å². The van der Waals surface area contributed by atoms with E-state index in [2.05, 4.69) is 5.32 Å². The van der Waals surface area contributed by atoms with Crippen molar-refractivity contribution in [3.05, 3.63) is 65.6 Å². The summed E-state index contributed by atoms with van der Waals surface area (Å²) in [5, 5.41) is 4.46. The third-order valence-electron chi connectivity index (χ3n) is 4.61. The number of urea groups is 1. The van der Waals surface area contributed by atoms with Crippen LogP contribution in [0.1, 0.15) is 17.1 Å². The normalized spacial score (nSPS) is 17.4. The van der Waals surface area contributed by atoms with Gasteiger partial charge in [0.1, 0.15) is 17.5 Å². The minimum Gasteiger partial charge on any atom is -0.455 e. The highest BCUT2D eigenvalue weighted by Crippen LogP contribution is 2.40. The van der Waals surface area contributed by atoms with Crippen molar-refractivity contribution >= 4 is 28.4 Å². The second-order valence-electron chi connectivity index (χ2n) is 6.63. The highest BCUT2D eigenvalue weighted by atomic mass is 19.4. The number of hydrogen-bond acceptors (Lipinski definition) is 3. The van der Waals surface area contributed by atoms with Crippen LogP contribution < -0.4 is 10.2 Å². The van der Waals surface area contributed by atoms with Gasteiger partial charge >= 0.3 is 12.2 Å². The summed E-state index contributed by atoms with van der Waals surface area (Å²) >= 11 is 0. The first kappa shape index (κ1) is 18.1. The monoisotopic (exact) mass is 388 g/mol. The van der Waals surface area contributed by atoms with E-state index < -0.39 is 35.6 Å². The van der Waals surface area contributed by atoms with Crippen LogP contribution in [0, 0.1) is 6.92 Å². The van der Waals surface area contributed by atoms with E-state index in [0.29, 0.717) is 4.90 Å². The number of alkyl halides is 3. The number of imide groups is 1. The largest absolute Gasteiger partial charge is 0.455 e. The van der Waals surface area contributed by atoms with Crippen molar-refractivity contribution in [3.8, 4) is 0 Å². The first-order valence-electron chi connectivity index (χ1n) is 8.54. The van der Waals surface area contributed by atoms with Crippen LogP contribution >= 0.6 is 0 Å². The quantitative estimate of drug-likeness (QED) is 0.676. The summed E-state index contributed by atoms with van der Waals surface area (Å²) in [6.07, 6.45) is -4.65. The third kappa shape index (κ3) is 3.11. The van der Waals surface area contributed by atoms with Crippen molar-refractivity contribution in [1.29, 1.82) is 0 Å². The minimum absolute atomic E-state index is 0.0408. The average molecular weight is 388 g/mol. The average Bonchev–Trinajstić information content (AvgIpc) is 3.14. The van der Waals surface area contributed by atoms with Crippen LogP contribution in [-0.2, 0) is 17.4 Å². The van der Waals surface area contributed by atoms with Crippen molar-refractivity contribution < 1.29 is 27.2 Å². The zero-order valence-electron chi connectivity index (χ0n) is 14.7. The summed E-state index contributed by atoms with van der Waals surface area (Å²) in [4.78, 5) is 25.5. The number of hydrogen-bond donors (Lipinski definition) is 1. The predicted octanol–water partition coefficient (Wildman–Crippen LogP) is 4.43. The maximum absolute atomic E-state index is 13.2. The van der Waals surface area contributed by atoms with Crippen LogP contribution in [0.3, 0.4) is 0 Å². The number of furan rings is 1. The van der Waals surface area contributed by atoms with Crippen LogP contribution in [0.4, 0.5) is 23.7 Å². The van der Waals surface area contributed by atoms with Gasteiger partial charge in [0.2, 0.25) is 5.76 Å². The summed E-state index contributed by atoms with van der Waals surface area (Å²) < 4.78 is 44.3. The lowest BCUT2D eigenvalue weighted by atomic mass is 10.0. The number of nitrogens with zero attached hydrogens (tertiary/aromatic N) is 1. The SMILES string of the molecule is Cc1cc(N2C(=O)NC(Cc3ccc4ccccc4c3)C2=O)c(C(F)(F)F)o1.